The van der Waals surface area contributed by atoms with Crippen LogP contribution < -0.4 is 25.2 Å². The van der Waals surface area contributed by atoms with E-state index in [0.29, 0.717) is 22.8 Å². The molecule has 0 radical (unpaired) electrons. The molecule has 0 aliphatic rings. The van der Waals surface area contributed by atoms with Gasteiger partial charge in [0, 0.05) is 18.8 Å². The van der Waals surface area contributed by atoms with Crippen LogP contribution in [0, 0.1) is 0 Å². The van der Waals surface area contributed by atoms with Crippen LogP contribution in [0.3, 0.4) is 0 Å². The minimum absolute atomic E-state index is 0.00652. The second-order valence-electron chi connectivity index (χ2n) is 5.00. The number of aromatic nitrogens is 1. The Morgan fingerprint density at radius 2 is 1.80 bits per heavy atom. The van der Waals surface area contributed by atoms with Crippen molar-refractivity contribution in [2.24, 2.45) is 12.1 Å². The number of hydrogen-bond donors (Lipinski definition) is 1. The van der Waals surface area contributed by atoms with E-state index >= 15 is 0 Å². The first-order valence-electron chi connectivity index (χ1n) is 7.30. The molecule has 0 saturated heterocycles. The van der Waals surface area contributed by atoms with Gasteiger partial charge in [-0.15, -0.1) is 0 Å². The van der Waals surface area contributed by atoms with E-state index in [9.17, 15) is 9.59 Å². The number of carbonyl (C=O) groups is 1. The van der Waals surface area contributed by atoms with Crippen molar-refractivity contribution >= 4 is 12.1 Å². The Balaban J connectivity index is 2.21. The van der Waals surface area contributed by atoms with Crippen molar-refractivity contribution in [1.29, 1.82) is 0 Å². The molecule has 25 heavy (non-hydrogen) atoms. The van der Waals surface area contributed by atoms with Crippen LogP contribution >= 0.6 is 0 Å². The van der Waals surface area contributed by atoms with Gasteiger partial charge in [0.2, 0.25) is 5.75 Å². The second kappa shape index (κ2) is 8.00. The molecule has 0 spiro atoms. The smallest absolute Gasteiger partial charge is 0.276 e. The van der Waals surface area contributed by atoms with Crippen LogP contribution in [-0.2, 0) is 7.05 Å². The van der Waals surface area contributed by atoms with Gasteiger partial charge >= 0.3 is 0 Å². The van der Waals surface area contributed by atoms with Gasteiger partial charge in [0.25, 0.3) is 11.5 Å². The molecule has 0 saturated carbocycles. The summed E-state index contributed by atoms with van der Waals surface area (Å²) in [7, 11) is 6.09. The first kappa shape index (κ1) is 18.1. The van der Waals surface area contributed by atoms with Crippen molar-refractivity contribution in [2.45, 2.75) is 0 Å². The highest BCUT2D eigenvalue weighted by Crippen LogP contribution is 2.37. The summed E-state index contributed by atoms with van der Waals surface area (Å²) in [5.41, 5.74) is 2.55. The first-order chi connectivity index (χ1) is 12.0. The van der Waals surface area contributed by atoms with E-state index in [2.05, 4.69) is 10.5 Å². The number of nitrogens with one attached hydrogen (secondary N) is 1. The van der Waals surface area contributed by atoms with E-state index < -0.39 is 11.5 Å². The SMILES string of the molecule is COc1cc(/C=N\NC(=O)c2cccn(C)c2=O)cc(OC)c1OC. The van der Waals surface area contributed by atoms with Gasteiger partial charge in [-0.05, 0) is 24.3 Å². The number of nitrogens with zero attached hydrogens (tertiary/aromatic N) is 2. The molecule has 0 atom stereocenters. The van der Waals surface area contributed by atoms with Gasteiger partial charge < -0.3 is 18.8 Å². The molecule has 1 amide bonds. The number of benzene rings is 1. The van der Waals surface area contributed by atoms with Crippen LogP contribution in [0.4, 0.5) is 0 Å². The highest BCUT2D eigenvalue weighted by molar-refractivity contribution is 5.94. The van der Waals surface area contributed by atoms with E-state index in [1.807, 2.05) is 0 Å². The summed E-state index contributed by atoms with van der Waals surface area (Å²) in [5.74, 6) is 0.793. The van der Waals surface area contributed by atoms with Crippen LogP contribution in [-0.4, -0.2) is 38.0 Å². The highest BCUT2D eigenvalue weighted by atomic mass is 16.5. The average molecular weight is 345 g/mol. The first-order valence-corrected chi connectivity index (χ1v) is 7.30. The van der Waals surface area contributed by atoms with E-state index in [0.717, 1.165) is 0 Å². The molecular weight excluding hydrogens is 326 g/mol. The maximum atomic E-state index is 12.0. The minimum atomic E-state index is -0.593. The topological polar surface area (TPSA) is 91.2 Å². The number of methoxy groups -OCH3 is 3. The molecule has 0 unspecified atom stereocenters. The fourth-order valence-electron chi connectivity index (χ4n) is 2.17. The number of amides is 1. The van der Waals surface area contributed by atoms with Gasteiger partial charge in [-0.25, -0.2) is 5.43 Å². The maximum absolute atomic E-state index is 12.0. The van der Waals surface area contributed by atoms with Crippen LogP contribution in [0.15, 0.2) is 40.4 Å². The molecule has 0 aliphatic carbocycles. The molecule has 2 rings (SSSR count). The van der Waals surface area contributed by atoms with Crippen LogP contribution in [0.1, 0.15) is 15.9 Å². The van der Waals surface area contributed by atoms with Crippen molar-refractivity contribution in [2.75, 3.05) is 21.3 Å². The Morgan fingerprint density at radius 3 is 2.36 bits per heavy atom. The van der Waals surface area contributed by atoms with Gasteiger partial charge in [0.15, 0.2) is 11.5 Å². The summed E-state index contributed by atoms with van der Waals surface area (Å²) in [6.45, 7) is 0. The van der Waals surface area contributed by atoms with Crippen molar-refractivity contribution in [1.82, 2.24) is 9.99 Å². The number of carbonyl (C=O) groups excluding carboxylic acids is 1. The Bertz CT molecular complexity index is 833. The van der Waals surface area contributed by atoms with E-state index in [1.165, 1.54) is 38.2 Å². The monoisotopic (exact) mass is 345 g/mol. The van der Waals surface area contributed by atoms with Crippen LogP contribution in [0.25, 0.3) is 0 Å². The predicted molar refractivity (Wildman–Crippen MR) is 92.8 cm³/mol. The van der Waals surface area contributed by atoms with E-state index in [1.54, 1.807) is 31.4 Å². The zero-order valence-electron chi connectivity index (χ0n) is 14.4. The standard InChI is InChI=1S/C17H19N3O5/c1-20-7-5-6-12(17(20)22)16(21)19-18-10-11-8-13(23-2)15(25-4)14(9-11)24-3/h5-10H,1-4H3,(H,19,21)/b18-10-. The fraction of sp³-hybridized carbons (Fsp3) is 0.235. The molecule has 0 aliphatic heterocycles. The molecule has 8 nitrogen and oxygen atoms in total. The lowest BCUT2D eigenvalue weighted by atomic mass is 10.2. The number of pyridine rings is 1. The maximum Gasteiger partial charge on any atom is 0.276 e. The molecular formula is C17H19N3O5. The lowest BCUT2D eigenvalue weighted by molar-refractivity contribution is 0.0953. The average Bonchev–Trinajstić information content (AvgIpc) is 2.62. The summed E-state index contributed by atoms with van der Waals surface area (Å²) in [4.78, 5) is 23.9. The Labute approximate surface area is 144 Å². The van der Waals surface area contributed by atoms with Gasteiger partial charge in [0.05, 0.1) is 27.5 Å². The second-order valence-corrected chi connectivity index (χ2v) is 5.00. The number of hydrazone groups is 1. The lowest BCUT2D eigenvalue weighted by Gasteiger charge is -2.12. The number of rotatable bonds is 6. The molecule has 132 valence electrons. The predicted octanol–water partition coefficient (Wildman–Crippen LogP) is 1.17. The molecule has 0 bridgehead atoms. The highest BCUT2D eigenvalue weighted by Gasteiger charge is 2.13. The summed E-state index contributed by atoms with van der Waals surface area (Å²) in [5, 5.41) is 3.87. The normalized spacial score (nSPS) is 10.6. The summed E-state index contributed by atoms with van der Waals surface area (Å²) < 4.78 is 17.0. The molecule has 0 fully saturated rings. The third-order valence-electron chi connectivity index (χ3n) is 3.43. The Kier molecular flexibility index (Phi) is 5.78. The third kappa shape index (κ3) is 3.97. The quantitative estimate of drug-likeness (QED) is 0.627. The van der Waals surface area contributed by atoms with Crippen LogP contribution in [0.5, 0.6) is 17.2 Å². The molecule has 1 aromatic carbocycles. The third-order valence-corrected chi connectivity index (χ3v) is 3.43. The largest absolute Gasteiger partial charge is 0.493 e. The Hall–Kier alpha value is -3.29. The van der Waals surface area contributed by atoms with Gasteiger partial charge in [-0.3, -0.25) is 9.59 Å². The molecule has 1 N–H and O–H groups in total. The summed E-state index contributed by atoms with van der Waals surface area (Å²) >= 11 is 0. The summed E-state index contributed by atoms with van der Waals surface area (Å²) in [6.07, 6.45) is 2.98. The lowest BCUT2D eigenvalue weighted by Crippen LogP contribution is -2.29. The molecule has 1 heterocycles. The van der Waals surface area contributed by atoms with E-state index in [4.69, 9.17) is 14.2 Å². The zero-order valence-corrected chi connectivity index (χ0v) is 14.4. The minimum Gasteiger partial charge on any atom is -0.493 e. The molecule has 2 aromatic rings. The summed E-state index contributed by atoms with van der Waals surface area (Å²) in [6, 6.07) is 6.41. The van der Waals surface area contributed by atoms with Gasteiger partial charge in [0.1, 0.15) is 5.56 Å². The zero-order chi connectivity index (χ0) is 18.4. The molecule has 8 heteroatoms. The number of hydrogen-bond acceptors (Lipinski definition) is 6. The van der Waals surface area contributed by atoms with Gasteiger partial charge in [-0.1, -0.05) is 0 Å². The fourth-order valence-corrected chi connectivity index (χ4v) is 2.17. The van der Waals surface area contributed by atoms with Crippen molar-refractivity contribution in [3.8, 4) is 17.2 Å². The van der Waals surface area contributed by atoms with Crippen molar-refractivity contribution in [3.63, 3.8) is 0 Å². The number of aryl methyl sites for hydroxylation is 1. The van der Waals surface area contributed by atoms with Gasteiger partial charge in [-0.2, -0.15) is 5.10 Å². The van der Waals surface area contributed by atoms with Crippen LogP contribution in [0.2, 0.25) is 0 Å². The molecule has 1 aromatic heterocycles. The Morgan fingerprint density at radius 1 is 1.16 bits per heavy atom. The van der Waals surface area contributed by atoms with E-state index in [-0.39, 0.29) is 5.56 Å². The number of ether oxygens (including phenoxy) is 3. The van der Waals surface area contributed by atoms with Crippen molar-refractivity contribution in [3.05, 3.63) is 51.9 Å². The van der Waals surface area contributed by atoms with Crippen molar-refractivity contribution < 1.29 is 19.0 Å².